The minimum absolute atomic E-state index is 0.163. The zero-order chi connectivity index (χ0) is 18.8. The second kappa shape index (κ2) is 6.95. The molecule has 0 bridgehead atoms. The number of rotatable bonds is 5. The molecular formula is C20H17FN4O2. The van der Waals surface area contributed by atoms with Gasteiger partial charge in [0.05, 0.1) is 30.9 Å². The number of imidazole rings is 1. The molecule has 0 atom stereocenters. The highest BCUT2D eigenvalue weighted by molar-refractivity contribution is 6.35. The first-order valence-electron chi connectivity index (χ1n) is 8.36. The average Bonchev–Trinajstić information content (AvgIpc) is 3.29. The van der Waals surface area contributed by atoms with Crippen molar-refractivity contribution >= 4 is 28.9 Å². The van der Waals surface area contributed by atoms with Crippen LogP contribution in [0.2, 0.25) is 0 Å². The van der Waals surface area contributed by atoms with E-state index in [1.807, 2.05) is 18.2 Å². The number of nitrogens with zero attached hydrogens (tertiary/aromatic N) is 1. The monoisotopic (exact) mass is 364 g/mol. The van der Waals surface area contributed by atoms with Gasteiger partial charge in [0.15, 0.2) is 0 Å². The number of hydrogen-bond donors (Lipinski definition) is 3. The first kappa shape index (κ1) is 16.8. The molecule has 0 fully saturated rings. The van der Waals surface area contributed by atoms with Crippen LogP contribution in [-0.4, -0.2) is 23.0 Å². The lowest BCUT2D eigenvalue weighted by Gasteiger charge is -2.11. The third kappa shape index (κ3) is 3.39. The topological polar surface area (TPSA) is 79.0 Å². The fourth-order valence-electron chi connectivity index (χ4n) is 3.02. The van der Waals surface area contributed by atoms with Crippen LogP contribution in [0.1, 0.15) is 16.8 Å². The van der Waals surface area contributed by atoms with Crippen molar-refractivity contribution in [2.45, 2.75) is 6.54 Å². The number of nitrogens with one attached hydrogen (secondary N) is 3. The molecule has 0 saturated carbocycles. The molecule has 1 aromatic heterocycles. The van der Waals surface area contributed by atoms with E-state index in [0.29, 0.717) is 23.4 Å². The van der Waals surface area contributed by atoms with Crippen LogP contribution in [0.4, 0.5) is 15.8 Å². The zero-order valence-corrected chi connectivity index (χ0v) is 14.5. The van der Waals surface area contributed by atoms with Gasteiger partial charge in [0.1, 0.15) is 11.6 Å². The number of ether oxygens (including phenoxy) is 1. The Morgan fingerprint density at radius 2 is 2.15 bits per heavy atom. The van der Waals surface area contributed by atoms with Gasteiger partial charge in [0.25, 0.3) is 5.91 Å². The van der Waals surface area contributed by atoms with E-state index in [9.17, 15) is 9.18 Å². The highest BCUT2D eigenvalue weighted by atomic mass is 19.1. The fraction of sp³-hybridized carbons (Fsp3) is 0.100. The van der Waals surface area contributed by atoms with Crippen molar-refractivity contribution in [2.24, 2.45) is 0 Å². The average molecular weight is 364 g/mol. The van der Waals surface area contributed by atoms with Crippen LogP contribution in [0.5, 0.6) is 5.75 Å². The molecule has 0 aliphatic carbocycles. The van der Waals surface area contributed by atoms with E-state index in [2.05, 4.69) is 20.6 Å². The van der Waals surface area contributed by atoms with Crippen LogP contribution in [0.25, 0.3) is 11.6 Å². The first-order chi connectivity index (χ1) is 13.1. The highest BCUT2D eigenvalue weighted by Gasteiger charge is 2.24. The van der Waals surface area contributed by atoms with Crippen LogP contribution in [0, 0.1) is 5.82 Å². The minimum Gasteiger partial charge on any atom is -0.496 e. The van der Waals surface area contributed by atoms with Gasteiger partial charge in [-0.2, -0.15) is 0 Å². The molecule has 4 rings (SSSR count). The number of aromatic amines is 1. The molecular weight excluding hydrogens is 347 g/mol. The lowest BCUT2D eigenvalue weighted by Crippen LogP contribution is -2.03. The molecule has 0 unspecified atom stereocenters. The standard InChI is InChI=1S/C20H17FN4O2/c1-27-19-5-2-13(21)6-12(19)9-23-14-3-4-18-16(7-14)17(20(26)25-18)8-15-10-22-11-24-15/h2-8,10-11,23H,9H2,1H3,(H,22,24)(H,25,26). The zero-order valence-electron chi connectivity index (χ0n) is 14.5. The van der Waals surface area contributed by atoms with Gasteiger partial charge < -0.3 is 20.4 Å². The number of carbonyl (C=O) groups is 1. The van der Waals surface area contributed by atoms with Gasteiger partial charge in [-0.3, -0.25) is 4.79 Å². The van der Waals surface area contributed by atoms with E-state index >= 15 is 0 Å². The number of hydrogen-bond acceptors (Lipinski definition) is 4. The quantitative estimate of drug-likeness (QED) is 0.604. The Morgan fingerprint density at radius 1 is 1.26 bits per heavy atom. The number of carbonyl (C=O) groups excluding carboxylic acids is 1. The van der Waals surface area contributed by atoms with Gasteiger partial charge in [0.2, 0.25) is 0 Å². The van der Waals surface area contributed by atoms with Crippen molar-refractivity contribution in [3.05, 3.63) is 71.6 Å². The number of amides is 1. The number of H-pyrrole nitrogens is 1. The second-order valence-corrected chi connectivity index (χ2v) is 6.09. The van der Waals surface area contributed by atoms with Crippen molar-refractivity contribution in [2.75, 3.05) is 17.7 Å². The van der Waals surface area contributed by atoms with Crippen LogP contribution < -0.4 is 15.4 Å². The molecule has 1 aliphatic rings. The summed E-state index contributed by atoms with van der Waals surface area (Å²) in [6.45, 7) is 0.390. The van der Waals surface area contributed by atoms with Crippen LogP contribution in [0.3, 0.4) is 0 Å². The molecule has 136 valence electrons. The maximum Gasteiger partial charge on any atom is 0.256 e. The molecule has 0 saturated heterocycles. The minimum atomic E-state index is -0.318. The summed E-state index contributed by atoms with van der Waals surface area (Å²) in [4.78, 5) is 19.2. The molecule has 3 aromatic rings. The predicted molar refractivity (Wildman–Crippen MR) is 102 cm³/mol. The van der Waals surface area contributed by atoms with Crippen molar-refractivity contribution in [3.63, 3.8) is 0 Å². The third-order valence-corrected chi connectivity index (χ3v) is 4.35. The molecule has 2 heterocycles. The van der Waals surface area contributed by atoms with Gasteiger partial charge in [-0.15, -0.1) is 0 Å². The molecule has 2 aromatic carbocycles. The Balaban J connectivity index is 1.59. The van der Waals surface area contributed by atoms with Gasteiger partial charge in [-0.25, -0.2) is 9.37 Å². The summed E-state index contributed by atoms with van der Waals surface area (Å²) >= 11 is 0. The molecule has 3 N–H and O–H groups in total. The maximum absolute atomic E-state index is 13.5. The van der Waals surface area contributed by atoms with Crippen molar-refractivity contribution in [1.82, 2.24) is 9.97 Å². The molecule has 6 nitrogen and oxygen atoms in total. The lowest BCUT2D eigenvalue weighted by atomic mass is 10.1. The fourth-order valence-corrected chi connectivity index (χ4v) is 3.02. The van der Waals surface area contributed by atoms with Gasteiger partial charge >= 0.3 is 0 Å². The summed E-state index contributed by atoms with van der Waals surface area (Å²) in [5.41, 5.74) is 4.37. The normalized spacial score (nSPS) is 14.1. The Morgan fingerprint density at radius 3 is 2.93 bits per heavy atom. The SMILES string of the molecule is COc1ccc(F)cc1CNc1ccc2c(c1)C(=Cc1cnc[nH]1)C(=O)N2. The molecule has 0 spiro atoms. The molecule has 0 radical (unpaired) electrons. The molecule has 7 heteroatoms. The predicted octanol–water partition coefficient (Wildman–Crippen LogP) is 3.66. The Hall–Kier alpha value is -3.61. The summed E-state index contributed by atoms with van der Waals surface area (Å²) in [6, 6.07) is 10.00. The lowest BCUT2D eigenvalue weighted by molar-refractivity contribution is -0.110. The largest absolute Gasteiger partial charge is 0.496 e. The van der Waals surface area contributed by atoms with E-state index in [1.54, 1.807) is 31.8 Å². The van der Waals surface area contributed by atoms with E-state index in [1.165, 1.54) is 12.1 Å². The van der Waals surface area contributed by atoms with Gasteiger partial charge in [-0.1, -0.05) is 0 Å². The first-order valence-corrected chi connectivity index (χ1v) is 8.36. The Kier molecular flexibility index (Phi) is 4.33. The van der Waals surface area contributed by atoms with Crippen LogP contribution in [-0.2, 0) is 11.3 Å². The molecule has 27 heavy (non-hydrogen) atoms. The Bertz CT molecular complexity index is 1030. The summed E-state index contributed by atoms with van der Waals surface area (Å²) in [7, 11) is 1.55. The number of fused-ring (bicyclic) bond motifs is 1. The van der Waals surface area contributed by atoms with Crippen molar-refractivity contribution in [3.8, 4) is 5.75 Å². The van der Waals surface area contributed by atoms with Gasteiger partial charge in [-0.05, 0) is 42.5 Å². The van der Waals surface area contributed by atoms with E-state index in [-0.39, 0.29) is 11.7 Å². The van der Waals surface area contributed by atoms with E-state index in [4.69, 9.17) is 4.74 Å². The number of benzene rings is 2. The third-order valence-electron chi connectivity index (χ3n) is 4.35. The number of anilines is 2. The van der Waals surface area contributed by atoms with E-state index < -0.39 is 0 Å². The maximum atomic E-state index is 13.5. The number of methoxy groups -OCH3 is 1. The van der Waals surface area contributed by atoms with Crippen LogP contribution >= 0.6 is 0 Å². The summed E-state index contributed by atoms with van der Waals surface area (Å²) < 4.78 is 18.8. The number of halogens is 1. The smallest absolute Gasteiger partial charge is 0.256 e. The molecule has 1 aliphatic heterocycles. The molecule has 1 amide bonds. The highest BCUT2D eigenvalue weighted by Crippen LogP contribution is 2.35. The summed E-state index contributed by atoms with van der Waals surface area (Å²) in [5, 5.41) is 6.10. The van der Waals surface area contributed by atoms with Crippen molar-refractivity contribution in [1.29, 1.82) is 0 Å². The summed E-state index contributed by atoms with van der Waals surface area (Å²) in [5.74, 6) is 0.131. The van der Waals surface area contributed by atoms with Crippen LogP contribution in [0.15, 0.2) is 48.9 Å². The van der Waals surface area contributed by atoms with Gasteiger partial charge in [0, 0.05) is 29.0 Å². The summed E-state index contributed by atoms with van der Waals surface area (Å²) in [6.07, 6.45) is 4.97. The Labute approximate surface area is 155 Å². The van der Waals surface area contributed by atoms with Crippen molar-refractivity contribution < 1.29 is 13.9 Å². The van der Waals surface area contributed by atoms with E-state index in [0.717, 1.165) is 22.6 Å². The second-order valence-electron chi connectivity index (χ2n) is 6.09. The number of aromatic nitrogens is 2.